The SMILES string of the molecule is COc1ccc(CCNC(=O)CO)cc1C(C)(C)C. The normalized spacial score (nSPS) is 11.2. The van der Waals surface area contributed by atoms with Crippen molar-refractivity contribution >= 4 is 5.91 Å². The molecule has 0 bridgehead atoms. The molecule has 0 aliphatic carbocycles. The number of hydrogen-bond donors (Lipinski definition) is 2. The number of hydrogen-bond acceptors (Lipinski definition) is 3. The molecule has 0 aliphatic rings. The standard InChI is InChI=1S/C15H23NO3/c1-15(2,3)12-9-11(5-6-13(12)19-4)7-8-16-14(18)10-17/h5-6,9,17H,7-8,10H2,1-4H3,(H,16,18). The van der Waals surface area contributed by atoms with Crippen molar-refractivity contribution in [1.82, 2.24) is 5.32 Å². The van der Waals surface area contributed by atoms with Gasteiger partial charge in [0, 0.05) is 6.54 Å². The van der Waals surface area contributed by atoms with Gasteiger partial charge in [0.2, 0.25) is 5.91 Å². The molecule has 4 heteroatoms. The predicted octanol–water partition coefficient (Wildman–Crippen LogP) is 1.64. The van der Waals surface area contributed by atoms with Crippen LogP contribution in [0, 0.1) is 0 Å². The van der Waals surface area contributed by atoms with E-state index in [9.17, 15) is 4.79 Å². The van der Waals surface area contributed by atoms with Gasteiger partial charge in [-0.15, -0.1) is 0 Å². The molecule has 1 rings (SSSR count). The topological polar surface area (TPSA) is 58.6 Å². The first kappa shape index (κ1) is 15.5. The van der Waals surface area contributed by atoms with Gasteiger partial charge >= 0.3 is 0 Å². The number of benzene rings is 1. The molecule has 0 heterocycles. The van der Waals surface area contributed by atoms with Crippen LogP contribution in [0.2, 0.25) is 0 Å². The summed E-state index contributed by atoms with van der Waals surface area (Å²) in [5, 5.41) is 11.3. The number of carbonyl (C=O) groups is 1. The first-order valence-corrected chi connectivity index (χ1v) is 6.43. The van der Waals surface area contributed by atoms with Gasteiger partial charge in [0.15, 0.2) is 0 Å². The van der Waals surface area contributed by atoms with Crippen molar-refractivity contribution < 1.29 is 14.6 Å². The smallest absolute Gasteiger partial charge is 0.245 e. The second-order valence-electron chi connectivity index (χ2n) is 5.54. The molecule has 0 unspecified atom stereocenters. The van der Waals surface area contributed by atoms with Crippen molar-refractivity contribution in [2.45, 2.75) is 32.6 Å². The quantitative estimate of drug-likeness (QED) is 0.851. The third-order valence-corrected chi connectivity index (χ3v) is 2.95. The number of amides is 1. The minimum absolute atomic E-state index is 0.00962. The van der Waals surface area contributed by atoms with Gasteiger partial charge in [-0.2, -0.15) is 0 Å². The summed E-state index contributed by atoms with van der Waals surface area (Å²) in [6.07, 6.45) is 0.735. The third kappa shape index (κ3) is 4.56. The van der Waals surface area contributed by atoms with Crippen LogP contribution in [-0.2, 0) is 16.6 Å². The average Bonchev–Trinajstić information content (AvgIpc) is 2.37. The third-order valence-electron chi connectivity index (χ3n) is 2.95. The van der Waals surface area contributed by atoms with Crippen molar-refractivity contribution in [3.63, 3.8) is 0 Å². The summed E-state index contributed by atoms with van der Waals surface area (Å²) in [4.78, 5) is 10.9. The summed E-state index contributed by atoms with van der Waals surface area (Å²) in [5.41, 5.74) is 2.31. The predicted molar refractivity (Wildman–Crippen MR) is 75.5 cm³/mol. The lowest BCUT2D eigenvalue weighted by Crippen LogP contribution is -2.28. The van der Waals surface area contributed by atoms with Crippen LogP contribution in [0.25, 0.3) is 0 Å². The fraction of sp³-hybridized carbons (Fsp3) is 0.533. The van der Waals surface area contributed by atoms with E-state index in [-0.39, 0.29) is 11.3 Å². The molecule has 4 nitrogen and oxygen atoms in total. The molecule has 0 fully saturated rings. The highest BCUT2D eigenvalue weighted by molar-refractivity contribution is 5.76. The van der Waals surface area contributed by atoms with E-state index in [0.717, 1.165) is 23.3 Å². The van der Waals surface area contributed by atoms with Crippen LogP contribution in [0.3, 0.4) is 0 Å². The monoisotopic (exact) mass is 265 g/mol. The molecule has 0 saturated carbocycles. The van der Waals surface area contributed by atoms with Gasteiger partial charge in [0.05, 0.1) is 7.11 Å². The van der Waals surface area contributed by atoms with E-state index >= 15 is 0 Å². The number of rotatable bonds is 5. The van der Waals surface area contributed by atoms with Gasteiger partial charge in [-0.1, -0.05) is 32.9 Å². The minimum Gasteiger partial charge on any atom is -0.496 e. The largest absolute Gasteiger partial charge is 0.496 e. The molecular weight excluding hydrogens is 242 g/mol. The van der Waals surface area contributed by atoms with Crippen molar-refractivity contribution in [2.24, 2.45) is 0 Å². The van der Waals surface area contributed by atoms with E-state index in [2.05, 4.69) is 32.2 Å². The highest BCUT2D eigenvalue weighted by atomic mass is 16.5. The number of nitrogens with one attached hydrogen (secondary N) is 1. The molecule has 1 amide bonds. The van der Waals surface area contributed by atoms with Crippen molar-refractivity contribution in [3.05, 3.63) is 29.3 Å². The maximum absolute atomic E-state index is 10.9. The van der Waals surface area contributed by atoms with Crippen LogP contribution in [0.1, 0.15) is 31.9 Å². The molecule has 1 aromatic carbocycles. The maximum atomic E-state index is 10.9. The van der Waals surface area contributed by atoms with E-state index in [1.807, 2.05) is 12.1 Å². The Morgan fingerprint density at radius 2 is 2.05 bits per heavy atom. The number of aliphatic hydroxyl groups is 1. The molecule has 0 atom stereocenters. The lowest BCUT2D eigenvalue weighted by Gasteiger charge is -2.23. The molecular formula is C15H23NO3. The Bertz CT molecular complexity index is 436. The number of ether oxygens (including phenoxy) is 1. The highest BCUT2D eigenvalue weighted by Gasteiger charge is 2.19. The molecule has 0 aromatic heterocycles. The Morgan fingerprint density at radius 3 is 2.58 bits per heavy atom. The lowest BCUT2D eigenvalue weighted by molar-refractivity contribution is -0.123. The summed E-state index contributed by atoms with van der Waals surface area (Å²) in [6.45, 7) is 6.48. The fourth-order valence-electron chi connectivity index (χ4n) is 1.90. The van der Waals surface area contributed by atoms with Crippen LogP contribution in [0.4, 0.5) is 0 Å². The molecule has 0 spiro atoms. The van der Waals surface area contributed by atoms with E-state index < -0.39 is 6.61 Å². The van der Waals surface area contributed by atoms with Crippen LogP contribution < -0.4 is 10.1 Å². The number of methoxy groups -OCH3 is 1. The van der Waals surface area contributed by atoms with E-state index in [4.69, 9.17) is 9.84 Å². The maximum Gasteiger partial charge on any atom is 0.245 e. The second-order valence-corrected chi connectivity index (χ2v) is 5.54. The molecule has 106 valence electrons. The van der Waals surface area contributed by atoms with E-state index in [1.54, 1.807) is 7.11 Å². The van der Waals surface area contributed by atoms with Crippen molar-refractivity contribution in [1.29, 1.82) is 0 Å². The Labute approximate surface area is 114 Å². The zero-order chi connectivity index (χ0) is 14.5. The van der Waals surface area contributed by atoms with Crippen LogP contribution in [0.15, 0.2) is 18.2 Å². The zero-order valence-corrected chi connectivity index (χ0v) is 12.1. The average molecular weight is 265 g/mol. The van der Waals surface area contributed by atoms with Crippen LogP contribution in [0.5, 0.6) is 5.75 Å². The molecule has 2 N–H and O–H groups in total. The van der Waals surface area contributed by atoms with E-state index in [0.29, 0.717) is 6.54 Å². The Balaban J connectivity index is 2.78. The first-order valence-electron chi connectivity index (χ1n) is 6.43. The molecule has 0 aliphatic heterocycles. The Hall–Kier alpha value is -1.55. The Morgan fingerprint density at radius 1 is 1.37 bits per heavy atom. The van der Waals surface area contributed by atoms with Gasteiger partial charge in [0.25, 0.3) is 0 Å². The Kier molecular flexibility index (Phi) is 5.36. The highest BCUT2D eigenvalue weighted by Crippen LogP contribution is 2.31. The molecule has 0 radical (unpaired) electrons. The van der Waals surface area contributed by atoms with Gasteiger partial charge < -0.3 is 15.2 Å². The lowest BCUT2D eigenvalue weighted by atomic mass is 9.85. The van der Waals surface area contributed by atoms with E-state index in [1.165, 1.54) is 0 Å². The number of aliphatic hydroxyl groups excluding tert-OH is 1. The van der Waals surface area contributed by atoms with Gasteiger partial charge in [-0.3, -0.25) is 4.79 Å². The summed E-state index contributed by atoms with van der Waals surface area (Å²) in [6, 6.07) is 6.08. The van der Waals surface area contributed by atoms with Gasteiger partial charge in [-0.05, 0) is 29.0 Å². The summed E-state index contributed by atoms with van der Waals surface area (Å²) in [5.74, 6) is 0.542. The van der Waals surface area contributed by atoms with Crippen molar-refractivity contribution in [2.75, 3.05) is 20.3 Å². The number of carbonyl (C=O) groups excluding carboxylic acids is 1. The summed E-state index contributed by atoms with van der Waals surface area (Å²) < 4.78 is 5.38. The summed E-state index contributed by atoms with van der Waals surface area (Å²) in [7, 11) is 1.67. The zero-order valence-electron chi connectivity index (χ0n) is 12.1. The molecule has 19 heavy (non-hydrogen) atoms. The van der Waals surface area contributed by atoms with Crippen LogP contribution >= 0.6 is 0 Å². The summed E-state index contributed by atoms with van der Waals surface area (Å²) >= 11 is 0. The van der Waals surface area contributed by atoms with Crippen LogP contribution in [-0.4, -0.2) is 31.3 Å². The fourth-order valence-corrected chi connectivity index (χ4v) is 1.90. The second kappa shape index (κ2) is 6.57. The molecule has 1 aromatic rings. The first-order chi connectivity index (χ1) is 8.88. The minimum atomic E-state index is -0.462. The molecule has 0 saturated heterocycles. The van der Waals surface area contributed by atoms with Gasteiger partial charge in [0.1, 0.15) is 12.4 Å². The van der Waals surface area contributed by atoms with Crippen molar-refractivity contribution in [3.8, 4) is 5.75 Å². The van der Waals surface area contributed by atoms with Gasteiger partial charge in [-0.25, -0.2) is 0 Å².